The highest BCUT2D eigenvalue weighted by atomic mass is 16.5. The minimum Gasteiger partial charge on any atom is -0.464 e. The molecule has 5 nitrogen and oxygen atoms in total. The molecule has 0 aliphatic carbocycles. The molecule has 2 aromatic rings. The van der Waals surface area contributed by atoms with Crippen molar-refractivity contribution in [2.24, 2.45) is 0 Å². The second kappa shape index (κ2) is 6.35. The van der Waals surface area contributed by atoms with Gasteiger partial charge in [-0.25, -0.2) is 4.79 Å². The summed E-state index contributed by atoms with van der Waals surface area (Å²) >= 11 is 0. The fourth-order valence-electron chi connectivity index (χ4n) is 2.07. The van der Waals surface area contributed by atoms with Crippen molar-refractivity contribution in [3.63, 3.8) is 0 Å². The second-order valence-corrected chi connectivity index (χ2v) is 4.80. The van der Waals surface area contributed by atoms with Crippen molar-refractivity contribution in [2.75, 3.05) is 17.7 Å². The van der Waals surface area contributed by atoms with E-state index in [2.05, 4.69) is 5.32 Å². The highest BCUT2D eigenvalue weighted by Crippen LogP contribution is 2.28. The van der Waals surface area contributed by atoms with Crippen LogP contribution in [0.25, 0.3) is 0 Å². The first-order chi connectivity index (χ1) is 10.0. The molecule has 0 aliphatic heterocycles. The van der Waals surface area contributed by atoms with Crippen LogP contribution in [0.4, 0.5) is 11.4 Å². The molecule has 0 spiro atoms. The van der Waals surface area contributed by atoms with Gasteiger partial charge in [-0.1, -0.05) is 6.07 Å². The number of nitrogen functional groups attached to an aromatic ring is 1. The van der Waals surface area contributed by atoms with Gasteiger partial charge in [0.2, 0.25) is 0 Å². The molecule has 2 rings (SSSR count). The number of rotatable bonds is 5. The summed E-state index contributed by atoms with van der Waals surface area (Å²) in [5.41, 5.74) is 7.48. The van der Waals surface area contributed by atoms with Gasteiger partial charge in [-0.05, 0) is 45.0 Å². The van der Waals surface area contributed by atoms with Crippen molar-refractivity contribution in [2.45, 2.75) is 26.8 Å². The van der Waals surface area contributed by atoms with Crippen LogP contribution in [0.5, 0.6) is 0 Å². The van der Waals surface area contributed by atoms with Crippen molar-refractivity contribution in [1.29, 1.82) is 0 Å². The number of benzene rings is 1. The lowest BCUT2D eigenvalue weighted by atomic mass is 10.1. The van der Waals surface area contributed by atoms with Gasteiger partial charge in [0.1, 0.15) is 11.5 Å². The molecule has 0 aliphatic rings. The van der Waals surface area contributed by atoms with E-state index in [1.165, 1.54) is 0 Å². The van der Waals surface area contributed by atoms with Gasteiger partial charge in [0.25, 0.3) is 0 Å². The van der Waals surface area contributed by atoms with Crippen LogP contribution in [-0.4, -0.2) is 12.6 Å². The second-order valence-electron chi connectivity index (χ2n) is 4.80. The number of nitrogens with two attached hydrogens (primary N) is 1. The highest BCUT2D eigenvalue weighted by molar-refractivity contribution is 5.98. The largest absolute Gasteiger partial charge is 0.464 e. The number of anilines is 2. The lowest BCUT2D eigenvalue weighted by Crippen LogP contribution is -2.12. The lowest BCUT2D eigenvalue weighted by Gasteiger charge is -2.16. The molecule has 0 radical (unpaired) electrons. The minimum absolute atomic E-state index is 0.0570. The summed E-state index contributed by atoms with van der Waals surface area (Å²) in [5, 5.41) is 3.25. The van der Waals surface area contributed by atoms with Crippen LogP contribution in [0.3, 0.4) is 0 Å². The SMILES string of the molecule is CCOC(=O)c1cccc(NC(C)c2ccc(C)o2)c1N. The maximum Gasteiger partial charge on any atom is 0.340 e. The molecule has 1 atom stereocenters. The maximum absolute atomic E-state index is 11.8. The first-order valence-electron chi connectivity index (χ1n) is 6.91. The number of furan rings is 1. The zero-order valence-corrected chi connectivity index (χ0v) is 12.5. The van der Waals surface area contributed by atoms with E-state index in [4.69, 9.17) is 14.9 Å². The van der Waals surface area contributed by atoms with Crippen LogP contribution in [0.15, 0.2) is 34.7 Å². The van der Waals surface area contributed by atoms with Crippen molar-refractivity contribution in [3.8, 4) is 0 Å². The Balaban J connectivity index is 2.20. The molecule has 3 N–H and O–H groups in total. The van der Waals surface area contributed by atoms with Gasteiger partial charge in [0, 0.05) is 0 Å². The van der Waals surface area contributed by atoms with Crippen molar-refractivity contribution < 1.29 is 13.9 Å². The van der Waals surface area contributed by atoms with Gasteiger partial charge < -0.3 is 20.2 Å². The lowest BCUT2D eigenvalue weighted by molar-refractivity contribution is 0.0527. The fourth-order valence-corrected chi connectivity index (χ4v) is 2.07. The number of carbonyl (C=O) groups excluding carboxylic acids is 1. The summed E-state index contributed by atoms with van der Waals surface area (Å²) in [5.74, 6) is 1.25. The summed E-state index contributed by atoms with van der Waals surface area (Å²) in [6.07, 6.45) is 0. The molecule has 21 heavy (non-hydrogen) atoms. The monoisotopic (exact) mass is 288 g/mol. The summed E-state index contributed by atoms with van der Waals surface area (Å²) in [7, 11) is 0. The van der Waals surface area contributed by atoms with Crippen molar-refractivity contribution >= 4 is 17.3 Å². The Morgan fingerprint density at radius 1 is 1.38 bits per heavy atom. The van der Waals surface area contributed by atoms with E-state index in [1.54, 1.807) is 19.1 Å². The molecule has 1 unspecified atom stereocenters. The number of hydrogen-bond acceptors (Lipinski definition) is 5. The molecule has 1 heterocycles. The summed E-state index contributed by atoms with van der Waals surface area (Å²) in [4.78, 5) is 11.8. The molecule has 0 saturated carbocycles. The molecule has 1 aromatic heterocycles. The number of hydrogen-bond donors (Lipinski definition) is 2. The number of carbonyl (C=O) groups is 1. The van der Waals surface area contributed by atoms with Gasteiger partial charge in [0.15, 0.2) is 0 Å². The zero-order valence-electron chi connectivity index (χ0n) is 12.5. The van der Waals surface area contributed by atoms with E-state index in [-0.39, 0.29) is 6.04 Å². The molecule has 0 saturated heterocycles. The first-order valence-corrected chi connectivity index (χ1v) is 6.91. The predicted molar refractivity (Wildman–Crippen MR) is 82.3 cm³/mol. The highest BCUT2D eigenvalue weighted by Gasteiger charge is 2.16. The smallest absolute Gasteiger partial charge is 0.340 e. The van der Waals surface area contributed by atoms with Crippen LogP contribution in [-0.2, 0) is 4.74 Å². The molecule has 0 amide bonds. The quantitative estimate of drug-likeness (QED) is 0.650. The van der Waals surface area contributed by atoms with Gasteiger partial charge in [-0.2, -0.15) is 0 Å². The summed E-state index contributed by atoms with van der Waals surface area (Å²) in [6.45, 7) is 5.94. The van der Waals surface area contributed by atoms with Gasteiger partial charge in [-0.3, -0.25) is 0 Å². The zero-order chi connectivity index (χ0) is 15.4. The minimum atomic E-state index is -0.417. The molecule has 0 bridgehead atoms. The molecular weight excluding hydrogens is 268 g/mol. The van der Waals surface area contributed by atoms with Crippen LogP contribution >= 0.6 is 0 Å². The van der Waals surface area contributed by atoms with E-state index in [0.29, 0.717) is 23.5 Å². The standard InChI is InChI=1S/C16H20N2O3/c1-4-20-16(19)12-6-5-7-13(15(12)17)18-11(3)14-9-8-10(2)21-14/h5-9,11,18H,4,17H2,1-3H3. The Labute approximate surface area is 124 Å². The summed E-state index contributed by atoms with van der Waals surface area (Å²) < 4.78 is 10.6. The Bertz CT molecular complexity index is 634. The number of esters is 1. The van der Waals surface area contributed by atoms with Gasteiger partial charge in [0.05, 0.1) is 29.6 Å². The van der Waals surface area contributed by atoms with Crippen molar-refractivity contribution in [3.05, 3.63) is 47.4 Å². The van der Waals surface area contributed by atoms with Crippen LogP contribution < -0.4 is 11.1 Å². The van der Waals surface area contributed by atoms with E-state index in [9.17, 15) is 4.79 Å². The van der Waals surface area contributed by atoms with E-state index in [0.717, 1.165) is 11.5 Å². The van der Waals surface area contributed by atoms with E-state index < -0.39 is 5.97 Å². The number of nitrogens with one attached hydrogen (secondary N) is 1. The molecule has 0 fully saturated rings. The Morgan fingerprint density at radius 3 is 2.76 bits per heavy atom. The fraction of sp³-hybridized carbons (Fsp3) is 0.312. The Morgan fingerprint density at radius 2 is 2.14 bits per heavy atom. The van der Waals surface area contributed by atoms with E-state index >= 15 is 0 Å². The number of aryl methyl sites for hydroxylation is 1. The average molecular weight is 288 g/mol. The maximum atomic E-state index is 11.8. The number of para-hydroxylation sites is 1. The van der Waals surface area contributed by atoms with Crippen LogP contribution in [0.1, 0.15) is 41.8 Å². The van der Waals surface area contributed by atoms with Crippen LogP contribution in [0, 0.1) is 6.92 Å². The third-order valence-corrected chi connectivity index (χ3v) is 3.16. The topological polar surface area (TPSA) is 77.5 Å². The number of ether oxygens (including phenoxy) is 1. The molecule has 1 aromatic carbocycles. The van der Waals surface area contributed by atoms with E-state index in [1.807, 2.05) is 32.0 Å². The van der Waals surface area contributed by atoms with Gasteiger partial charge in [-0.15, -0.1) is 0 Å². The normalized spacial score (nSPS) is 12.0. The van der Waals surface area contributed by atoms with Crippen LogP contribution in [0.2, 0.25) is 0 Å². The van der Waals surface area contributed by atoms with Crippen molar-refractivity contribution in [1.82, 2.24) is 0 Å². The third kappa shape index (κ3) is 3.37. The molecule has 112 valence electrons. The summed E-state index contributed by atoms with van der Waals surface area (Å²) in [6, 6.07) is 9.01. The third-order valence-electron chi connectivity index (χ3n) is 3.16. The average Bonchev–Trinajstić information content (AvgIpc) is 2.88. The first kappa shape index (κ1) is 15.0. The molecular formula is C16H20N2O3. The predicted octanol–water partition coefficient (Wildman–Crippen LogP) is 3.52. The van der Waals surface area contributed by atoms with Gasteiger partial charge >= 0.3 is 5.97 Å². The molecule has 5 heteroatoms. The Kier molecular flexibility index (Phi) is 4.52. The Hall–Kier alpha value is -2.43.